The van der Waals surface area contributed by atoms with Crippen LogP contribution in [0.1, 0.15) is 38.3 Å². The molecule has 1 aliphatic carbocycles. The van der Waals surface area contributed by atoms with Gasteiger partial charge in [0.15, 0.2) is 0 Å². The standard InChI is InChI=1S/C14H20BrN/c1-14(2,3)16-13-7-5-10-4-6-12(15)8-11(10)9-13/h4,6,8,13,16H,5,7,9H2,1-3H3. The molecule has 1 aliphatic rings. The molecule has 0 aliphatic heterocycles. The highest BCUT2D eigenvalue weighted by Crippen LogP contribution is 2.25. The van der Waals surface area contributed by atoms with E-state index in [-0.39, 0.29) is 5.54 Å². The summed E-state index contributed by atoms with van der Waals surface area (Å²) in [4.78, 5) is 0. The third-order valence-corrected chi connectivity index (χ3v) is 3.53. The van der Waals surface area contributed by atoms with Crippen molar-refractivity contribution in [1.82, 2.24) is 5.32 Å². The van der Waals surface area contributed by atoms with E-state index in [2.05, 4.69) is 60.2 Å². The zero-order valence-electron chi connectivity index (χ0n) is 10.3. The van der Waals surface area contributed by atoms with E-state index in [1.165, 1.54) is 28.4 Å². The molecule has 88 valence electrons. The van der Waals surface area contributed by atoms with Gasteiger partial charge in [0.2, 0.25) is 0 Å². The van der Waals surface area contributed by atoms with Crippen LogP contribution in [0.15, 0.2) is 22.7 Å². The maximum Gasteiger partial charge on any atom is 0.0178 e. The Balaban J connectivity index is 2.11. The second-order valence-electron chi connectivity index (χ2n) is 5.75. The Kier molecular flexibility index (Phi) is 3.41. The van der Waals surface area contributed by atoms with Crippen LogP contribution in [0, 0.1) is 0 Å². The van der Waals surface area contributed by atoms with E-state index in [4.69, 9.17) is 0 Å². The Morgan fingerprint density at radius 2 is 2.00 bits per heavy atom. The van der Waals surface area contributed by atoms with Gasteiger partial charge in [0.1, 0.15) is 0 Å². The van der Waals surface area contributed by atoms with E-state index < -0.39 is 0 Å². The normalized spacial score (nSPS) is 20.6. The lowest BCUT2D eigenvalue weighted by Gasteiger charge is -2.32. The zero-order chi connectivity index (χ0) is 11.8. The van der Waals surface area contributed by atoms with Crippen molar-refractivity contribution in [3.63, 3.8) is 0 Å². The number of hydrogen-bond acceptors (Lipinski definition) is 1. The molecule has 1 unspecified atom stereocenters. The van der Waals surface area contributed by atoms with Gasteiger partial charge in [-0.25, -0.2) is 0 Å². The molecule has 1 N–H and O–H groups in total. The monoisotopic (exact) mass is 281 g/mol. The number of benzene rings is 1. The second kappa shape index (κ2) is 4.50. The van der Waals surface area contributed by atoms with Crippen LogP contribution in [0.4, 0.5) is 0 Å². The molecule has 0 spiro atoms. The van der Waals surface area contributed by atoms with Gasteiger partial charge in [0.05, 0.1) is 0 Å². The van der Waals surface area contributed by atoms with Crippen molar-refractivity contribution < 1.29 is 0 Å². The minimum atomic E-state index is 0.216. The van der Waals surface area contributed by atoms with Crippen LogP contribution in [0.25, 0.3) is 0 Å². The molecule has 1 aromatic carbocycles. The molecule has 0 amide bonds. The van der Waals surface area contributed by atoms with Crippen LogP contribution < -0.4 is 5.32 Å². The smallest absolute Gasteiger partial charge is 0.0178 e. The van der Waals surface area contributed by atoms with Crippen molar-refractivity contribution in [2.75, 3.05) is 0 Å². The molecular formula is C14H20BrN. The first-order chi connectivity index (χ1) is 7.44. The average Bonchev–Trinajstić information content (AvgIpc) is 2.14. The third-order valence-electron chi connectivity index (χ3n) is 3.03. The second-order valence-corrected chi connectivity index (χ2v) is 6.66. The number of aryl methyl sites for hydroxylation is 1. The molecule has 0 bridgehead atoms. The molecule has 0 radical (unpaired) electrons. The summed E-state index contributed by atoms with van der Waals surface area (Å²) in [6, 6.07) is 7.30. The van der Waals surface area contributed by atoms with E-state index in [1.807, 2.05) is 0 Å². The van der Waals surface area contributed by atoms with Gasteiger partial charge < -0.3 is 5.32 Å². The van der Waals surface area contributed by atoms with Crippen LogP contribution in [0.3, 0.4) is 0 Å². The fourth-order valence-corrected chi connectivity index (χ4v) is 2.87. The summed E-state index contributed by atoms with van der Waals surface area (Å²) < 4.78 is 1.20. The minimum absolute atomic E-state index is 0.216. The van der Waals surface area contributed by atoms with E-state index in [0.717, 1.165) is 6.42 Å². The molecule has 0 aromatic heterocycles. The predicted molar refractivity (Wildman–Crippen MR) is 72.8 cm³/mol. The molecule has 1 nitrogen and oxygen atoms in total. The summed E-state index contributed by atoms with van der Waals surface area (Å²) in [5.74, 6) is 0. The van der Waals surface area contributed by atoms with Gasteiger partial charge in [-0.2, -0.15) is 0 Å². The van der Waals surface area contributed by atoms with Crippen molar-refractivity contribution in [2.45, 2.75) is 51.6 Å². The largest absolute Gasteiger partial charge is 0.309 e. The topological polar surface area (TPSA) is 12.0 Å². The Hall–Kier alpha value is -0.340. The fourth-order valence-electron chi connectivity index (χ4n) is 2.46. The van der Waals surface area contributed by atoms with Gasteiger partial charge >= 0.3 is 0 Å². The van der Waals surface area contributed by atoms with Crippen LogP contribution >= 0.6 is 15.9 Å². The number of hydrogen-bond donors (Lipinski definition) is 1. The highest BCUT2D eigenvalue weighted by atomic mass is 79.9. The summed E-state index contributed by atoms with van der Waals surface area (Å²) in [5.41, 5.74) is 3.24. The highest BCUT2D eigenvalue weighted by Gasteiger charge is 2.22. The lowest BCUT2D eigenvalue weighted by atomic mass is 9.87. The highest BCUT2D eigenvalue weighted by molar-refractivity contribution is 9.10. The van der Waals surface area contributed by atoms with Crippen LogP contribution in [0.5, 0.6) is 0 Å². The molecule has 1 aromatic rings. The van der Waals surface area contributed by atoms with E-state index in [9.17, 15) is 0 Å². The van der Waals surface area contributed by atoms with Crippen LogP contribution in [-0.2, 0) is 12.8 Å². The Morgan fingerprint density at radius 3 is 2.69 bits per heavy atom. The first kappa shape index (κ1) is 12.1. The van der Waals surface area contributed by atoms with Gasteiger partial charge in [-0.15, -0.1) is 0 Å². The Morgan fingerprint density at radius 1 is 1.25 bits per heavy atom. The number of halogens is 1. The van der Waals surface area contributed by atoms with Crippen molar-refractivity contribution in [3.8, 4) is 0 Å². The summed E-state index contributed by atoms with van der Waals surface area (Å²) in [5, 5.41) is 3.70. The maximum absolute atomic E-state index is 3.70. The van der Waals surface area contributed by atoms with Gasteiger partial charge in [0, 0.05) is 16.1 Å². The molecule has 2 rings (SSSR count). The summed E-state index contributed by atoms with van der Waals surface area (Å²) in [6.45, 7) is 6.72. The fraction of sp³-hybridized carbons (Fsp3) is 0.571. The third kappa shape index (κ3) is 3.08. The number of fused-ring (bicyclic) bond motifs is 1. The molecule has 2 heteroatoms. The maximum atomic E-state index is 3.70. The summed E-state index contributed by atoms with van der Waals surface area (Å²) >= 11 is 3.55. The average molecular weight is 282 g/mol. The Bertz CT molecular complexity index is 379. The first-order valence-electron chi connectivity index (χ1n) is 5.99. The Labute approximate surface area is 107 Å². The minimum Gasteiger partial charge on any atom is -0.309 e. The molecule has 0 fully saturated rings. The number of rotatable bonds is 1. The molecule has 16 heavy (non-hydrogen) atoms. The summed E-state index contributed by atoms with van der Waals surface area (Å²) in [6.07, 6.45) is 3.62. The van der Waals surface area contributed by atoms with Crippen molar-refractivity contribution in [1.29, 1.82) is 0 Å². The van der Waals surface area contributed by atoms with Crippen molar-refractivity contribution >= 4 is 15.9 Å². The quantitative estimate of drug-likeness (QED) is 0.828. The van der Waals surface area contributed by atoms with E-state index >= 15 is 0 Å². The lowest BCUT2D eigenvalue weighted by molar-refractivity contribution is 0.335. The molecule has 0 heterocycles. The van der Waals surface area contributed by atoms with Crippen molar-refractivity contribution in [2.24, 2.45) is 0 Å². The molecule has 0 saturated carbocycles. The lowest BCUT2D eigenvalue weighted by Crippen LogP contribution is -2.46. The zero-order valence-corrected chi connectivity index (χ0v) is 11.9. The van der Waals surface area contributed by atoms with E-state index in [0.29, 0.717) is 6.04 Å². The van der Waals surface area contributed by atoms with Crippen LogP contribution in [-0.4, -0.2) is 11.6 Å². The van der Waals surface area contributed by atoms with Gasteiger partial charge in [-0.3, -0.25) is 0 Å². The predicted octanol–water partition coefficient (Wildman–Crippen LogP) is 3.69. The van der Waals surface area contributed by atoms with E-state index in [1.54, 1.807) is 0 Å². The van der Waals surface area contributed by atoms with Crippen LogP contribution in [0.2, 0.25) is 0 Å². The van der Waals surface area contributed by atoms with Gasteiger partial charge in [-0.1, -0.05) is 22.0 Å². The molecule has 0 saturated heterocycles. The van der Waals surface area contributed by atoms with Gasteiger partial charge in [-0.05, 0) is 63.3 Å². The molecular weight excluding hydrogens is 262 g/mol. The van der Waals surface area contributed by atoms with Crippen molar-refractivity contribution in [3.05, 3.63) is 33.8 Å². The molecule has 1 atom stereocenters. The number of nitrogens with one attached hydrogen (secondary N) is 1. The summed E-state index contributed by atoms with van der Waals surface area (Å²) in [7, 11) is 0. The SMILES string of the molecule is CC(C)(C)NC1CCc2ccc(Br)cc2C1. The van der Waals surface area contributed by atoms with Gasteiger partial charge in [0.25, 0.3) is 0 Å². The first-order valence-corrected chi connectivity index (χ1v) is 6.78.